The highest BCUT2D eigenvalue weighted by Gasteiger charge is 2.55. The van der Waals surface area contributed by atoms with Crippen LogP contribution in [0.4, 0.5) is 0 Å². The summed E-state index contributed by atoms with van der Waals surface area (Å²) in [6.45, 7) is 2.31. The average molecular weight is 380 g/mol. The number of aromatic nitrogens is 1. The maximum atomic E-state index is 12.1. The monoisotopic (exact) mass is 380 g/mol. The standard InChI is InChI=1S/C17H20N2O4S2/c1-10(20)14-12-8-13(15(17(22)23)19(12)16(14)21)25-7-6-18-5-3-4-11(9-18)24-2/h3-5,9-10,12,14,20H,6-8H2,1-2H3/t10-,12-,14-/m1/s1. The lowest BCUT2D eigenvalue weighted by atomic mass is 9.83. The van der Waals surface area contributed by atoms with E-state index in [1.807, 2.05) is 30.8 Å². The zero-order chi connectivity index (χ0) is 18.1. The summed E-state index contributed by atoms with van der Waals surface area (Å²) in [4.78, 5) is 26.8. The number of carbonyl (C=O) groups excluding carboxylic acids is 2. The van der Waals surface area contributed by atoms with Crippen molar-refractivity contribution in [2.45, 2.75) is 36.9 Å². The van der Waals surface area contributed by atoms with E-state index in [1.165, 1.54) is 16.7 Å². The van der Waals surface area contributed by atoms with Gasteiger partial charge in [0.1, 0.15) is 0 Å². The molecule has 1 fully saturated rings. The first-order valence-electron chi connectivity index (χ1n) is 8.05. The van der Waals surface area contributed by atoms with Gasteiger partial charge in [-0.05, 0) is 19.2 Å². The first-order valence-corrected chi connectivity index (χ1v) is 10.3. The molecule has 1 aromatic heterocycles. The maximum absolute atomic E-state index is 12.1. The van der Waals surface area contributed by atoms with Crippen LogP contribution in [0.1, 0.15) is 13.3 Å². The molecule has 3 atom stereocenters. The summed E-state index contributed by atoms with van der Waals surface area (Å²) in [5.41, 5.74) is -0.0141. The zero-order valence-electron chi connectivity index (χ0n) is 14.0. The fourth-order valence-corrected chi connectivity index (χ4v) is 4.99. The van der Waals surface area contributed by atoms with Gasteiger partial charge in [0.05, 0.1) is 40.4 Å². The van der Waals surface area contributed by atoms with Crippen LogP contribution >= 0.6 is 23.5 Å². The Bertz CT molecular complexity index is 735. The van der Waals surface area contributed by atoms with E-state index < -0.39 is 18.0 Å². The van der Waals surface area contributed by atoms with Crippen molar-refractivity contribution < 1.29 is 24.4 Å². The van der Waals surface area contributed by atoms with Crippen molar-refractivity contribution in [3.8, 4) is 0 Å². The van der Waals surface area contributed by atoms with Gasteiger partial charge in [-0.2, -0.15) is 0 Å². The van der Waals surface area contributed by atoms with E-state index in [0.717, 1.165) is 11.4 Å². The predicted octanol–water partition coefficient (Wildman–Crippen LogP) is 0.00220. The molecule has 8 heteroatoms. The summed E-state index contributed by atoms with van der Waals surface area (Å²) >= 11 is 3.11. The van der Waals surface area contributed by atoms with Crippen LogP contribution in [0.2, 0.25) is 0 Å². The van der Waals surface area contributed by atoms with Crippen LogP contribution in [-0.2, 0) is 16.1 Å². The fourth-order valence-electron chi connectivity index (χ4n) is 3.38. The van der Waals surface area contributed by atoms with E-state index in [-0.39, 0.29) is 17.6 Å². The van der Waals surface area contributed by atoms with Crippen molar-refractivity contribution in [2.75, 3.05) is 12.0 Å². The fraction of sp³-hybridized carbons (Fsp3) is 0.471. The third-order valence-electron chi connectivity index (χ3n) is 4.57. The second-order valence-electron chi connectivity index (χ2n) is 6.14. The second-order valence-corrected chi connectivity index (χ2v) is 8.20. The molecule has 0 unspecified atom stereocenters. The quantitative estimate of drug-likeness (QED) is 0.407. The summed E-state index contributed by atoms with van der Waals surface area (Å²) in [5, 5.41) is 21.2. The molecule has 25 heavy (non-hydrogen) atoms. The molecular formula is C17H20N2O4S2. The maximum Gasteiger partial charge on any atom is 0.235 e. The minimum Gasteiger partial charge on any atom is -0.543 e. The number of aryl methyl sites for hydroxylation is 1. The third-order valence-corrected chi connectivity index (χ3v) is 6.38. The minimum atomic E-state index is -1.32. The molecule has 0 bridgehead atoms. The van der Waals surface area contributed by atoms with Crippen molar-refractivity contribution in [3.63, 3.8) is 0 Å². The number of hydrogen-bond acceptors (Lipinski definition) is 6. The number of thioether (sulfide) groups is 2. The molecule has 0 aromatic carbocycles. The molecule has 6 nitrogen and oxygen atoms in total. The number of rotatable bonds is 7. The van der Waals surface area contributed by atoms with Crippen molar-refractivity contribution in [3.05, 3.63) is 35.1 Å². The van der Waals surface area contributed by atoms with E-state index in [0.29, 0.717) is 17.1 Å². The number of carbonyl (C=O) groups is 2. The Morgan fingerprint density at radius 3 is 2.96 bits per heavy atom. The largest absolute Gasteiger partial charge is 0.543 e. The second kappa shape index (κ2) is 7.39. The van der Waals surface area contributed by atoms with Crippen molar-refractivity contribution >= 4 is 35.4 Å². The van der Waals surface area contributed by atoms with Gasteiger partial charge in [-0.1, -0.05) is 0 Å². The van der Waals surface area contributed by atoms with Gasteiger partial charge < -0.3 is 19.9 Å². The van der Waals surface area contributed by atoms with Gasteiger partial charge in [-0.25, -0.2) is 4.57 Å². The molecule has 1 aromatic rings. The van der Waals surface area contributed by atoms with Crippen LogP contribution in [-0.4, -0.2) is 46.0 Å². The number of fused-ring (bicyclic) bond motifs is 1. The molecule has 2 aliphatic heterocycles. The lowest BCUT2D eigenvalue weighted by Crippen LogP contribution is -2.62. The van der Waals surface area contributed by atoms with Crippen molar-refractivity contribution in [1.82, 2.24) is 4.90 Å². The SMILES string of the molecule is CSc1ccc[n+](CCSC2=C(C(=O)[O-])N3C(=O)[C@H]([C@@H](C)O)[C@H]3C2)c1. The molecule has 1 N–H and O–H groups in total. The van der Waals surface area contributed by atoms with Crippen molar-refractivity contribution in [2.24, 2.45) is 5.92 Å². The summed E-state index contributed by atoms with van der Waals surface area (Å²) in [6, 6.07) is 3.76. The number of aliphatic hydroxyl groups excluding tert-OH is 1. The Labute approximate surface area is 154 Å². The Balaban J connectivity index is 1.67. The number of carboxylic acids is 1. The number of aliphatic carboxylic acids is 1. The minimum absolute atomic E-state index is 0.0141. The predicted molar refractivity (Wildman–Crippen MR) is 93.3 cm³/mol. The molecule has 134 valence electrons. The number of amides is 1. The van der Waals surface area contributed by atoms with E-state index in [1.54, 1.807) is 18.7 Å². The summed E-state index contributed by atoms with van der Waals surface area (Å²) in [7, 11) is 0. The van der Waals surface area contributed by atoms with Crippen LogP contribution in [0.5, 0.6) is 0 Å². The Morgan fingerprint density at radius 2 is 2.32 bits per heavy atom. The van der Waals surface area contributed by atoms with Gasteiger partial charge in [0.15, 0.2) is 18.9 Å². The van der Waals surface area contributed by atoms with E-state index in [4.69, 9.17) is 0 Å². The van der Waals surface area contributed by atoms with Crippen LogP contribution < -0.4 is 9.67 Å². The highest BCUT2D eigenvalue weighted by Crippen LogP contribution is 2.46. The van der Waals surface area contributed by atoms with Crippen molar-refractivity contribution in [1.29, 1.82) is 0 Å². The van der Waals surface area contributed by atoms with Crippen LogP contribution in [0.15, 0.2) is 40.0 Å². The van der Waals surface area contributed by atoms with Gasteiger partial charge in [-0.3, -0.25) is 4.79 Å². The molecule has 2 aliphatic rings. The lowest BCUT2D eigenvalue weighted by Gasteiger charge is -2.45. The average Bonchev–Trinajstić information content (AvgIpc) is 2.89. The summed E-state index contributed by atoms with van der Waals surface area (Å²) in [6.07, 6.45) is 5.75. The molecule has 3 rings (SSSR count). The van der Waals surface area contributed by atoms with E-state index >= 15 is 0 Å². The third kappa shape index (κ3) is 3.43. The van der Waals surface area contributed by atoms with Gasteiger partial charge >= 0.3 is 0 Å². The molecule has 1 saturated heterocycles. The van der Waals surface area contributed by atoms with Gasteiger partial charge in [-0.15, -0.1) is 23.5 Å². The van der Waals surface area contributed by atoms with E-state index in [2.05, 4.69) is 4.57 Å². The molecule has 0 saturated carbocycles. The smallest absolute Gasteiger partial charge is 0.235 e. The molecule has 0 radical (unpaired) electrons. The number of β-lactam (4-membered cyclic amide) rings is 1. The Morgan fingerprint density at radius 1 is 1.56 bits per heavy atom. The summed E-state index contributed by atoms with van der Waals surface area (Å²) < 4.78 is 2.06. The lowest BCUT2D eigenvalue weighted by molar-refractivity contribution is -0.694. The first-order chi connectivity index (χ1) is 11.9. The summed E-state index contributed by atoms with van der Waals surface area (Å²) in [5.74, 6) is -1.46. The van der Waals surface area contributed by atoms with Crippen LogP contribution in [0.3, 0.4) is 0 Å². The molecule has 0 spiro atoms. The number of carboxylic acid groups (broad SMARTS) is 1. The number of nitrogens with zero attached hydrogens (tertiary/aromatic N) is 2. The number of aliphatic hydroxyl groups is 1. The van der Waals surface area contributed by atoms with Crippen LogP contribution in [0.25, 0.3) is 0 Å². The number of hydrogen-bond donors (Lipinski definition) is 1. The topological polar surface area (TPSA) is 84.5 Å². The van der Waals surface area contributed by atoms with Gasteiger partial charge in [0.25, 0.3) is 0 Å². The molecular weight excluding hydrogens is 360 g/mol. The van der Waals surface area contributed by atoms with E-state index in [9.17, 15) is 19.8 Å². The highest BCUT2D eigenvalue weighted by molar-refractivity contribution is 8.03. The molecule has 3 heterocycles. The van der Waals surface area contributed by atoms with Gasteiger partial charge in [0, 0.05) is 17.4 Å². The Hall–Kier alpha value is -1.51. The number of pyridine rings is 1. The molecule has 0 aliphatic carbocycles. The van der Waals surface area contributed by atoms with Gasteiger partial charge in [0.2, 0.25) is 5.91 Å². The zero-order valence-corrected chi connectivity index (χ0v) is 15.7. The van der Waals surface area contributed by atoms with Crippen LogP contribution in [0, 0.1) is 5.92 Å². The highest BCUT2D eigenvalue weighted by atomic mass is 32.2. The Kier molecular flexibility index (Phi) is 5.41. The first kappa shape index (κ1) is 18.3. The normalized spacial score (nSPS) is 23.5. The molecule has 1 amide bonds.